The number of imidazole rings is 1. The van der Waals surface area contributed by atoms with Gasteiger partial charge in [0.1, 0.15) is 22.9 Å². The van der Waals surface area contributed by atoms with Gasteiger partial charge in [0, 0.05) is 21.6 Å². The summed E-state index contributed by atoms with van der Waals surface area (Å²) in [5.74, 6) is 1.79. The molecule has 0 spiro atoms. The molecule has 0 atom stereocenters. The number of anilines is 1. The average molecular weight is 502 g/mol. The van der Waals surface area contributed by atoms with E-state index in [9.17, 15) is 8.42 Å². The van der Waals surface area contributed by atoms with Crippen LogP contribution in [0.1, 0.15) is 8.35 Å². The molecule has 3 aromatic heterocycles. The maximum Gasteiger partial charge on any atom is 0.302 e. The van der Waals surface area contributed by atoms with Gasteiger partial charge in [0.25, 0.3) is 0 Å². The van der Waals surface area contributed by atoms with Gasteiger partial charge >= 0.3 is 10.2 Å². The Hall–Kier alpha value is -3.97. The van der Waals surface area contributed by atoms with Crippen molar-refractivity contribution in [2.24, 2.45) is 0 Å². The summed E-state index contributed by atoms with van der Waals surface area (Å²) in [4.78, 5) is 18.1. The van der Waals surface area contributed by atoms with Gasteiger partial charge in [-0.05, 0) is 25.1 Å². The molecule has 0 fully saturated rings. The SMILES string of the molecule is CCOc1cccc(-c2nc3ncc(NS(=O)(=O)N(C)C)nc3n2-c2c(OC)cccc2OC)n1.[HH]. The number of nitrogens with zero attached hydrogens (tertiary/aromatic N) is 6. The summed E-state index contributed by atoms with van der Waals surface area (Å²) >= 11 is 0. The first-order valence-corrected chi connectivity index (χ1v) is 12.0. The Labute approximate surface area is 204 Å². The van der Waals surface area contributed by atoms with E-state index in [2.05, 4.69) is 24.7 Å². The largest absolute Gasteiger partial charge is 0.494 e. The van der Waals surface area contributed by atoms with Gasteiger partial charge in [-0.3, -0.25) is 9.29 Å². The zero-order valence-corrected chi connectivity index (χ0v) is 20.7. The van der Waals surface area contributed by atoms with Crippen molar-refractivity contribution < 1.29 is 24.1 Å². The molecule has 0 saturated heterocycles. The van der Waals surface area contributed by atoms with Crippen LogP contribution in [0.25, 0.3) is 28.5 Å². The van der Waals surface area contributed by atoms with E-state index in [4.69, 9.17) is 14.2 Å². The smallest absolute Gasteiger partial charge is 0.302 e. The van der Waals surface area contributed by atoms with Crippen LogP contribution >= 0.6 is 0 Å². The molecule has 0 saturated carbocycles. The van der Waals surface area contributed by atoms with Crippen LogP contribution in [0.15, 0.2) is 42.6 Å². The summed E-state index contributed by atoms with van der Waals surface area (Å²) in [6, 6.07) is 10.6. The fraction of sp³-hybridized carbons (Fsp3) is 0.273. The van der Waals surface area contributed by atoms with E-state index in [1.165, 1.54) is 34.5 Å². The fourth-order valence-electron chi connectivity index (χ4n) is 3.33. The van der Waals surface area contributed by atoms with Gasteiger partial charge < -0.3 is 14.2 Å². The predicted molar refractivity (Wildman–Crippen MR) is 133 cm³/mol. The Morgan fingerprint density at radius 2 is 1.71 bits per heavy atom. The minimum Gasteiger partial charge on any atom is -0.494 e. The van der Waals surface area contributed by atoms with Crippen molar-refractivity contribution in [1.82, 2.24) is 28.8 Å². The highest BCUT2D eigenvalue weighted by Gasteiger charge is 2.24. The highest BCUT2D eigenvalue weighted by molar-refractivity contribution is 7.90. The molecule has 35 heavy (non-hydrogen) atoms. The molecule has 0 bridgehead atoms. The highest BCUT2D eigenvalue weighted by atomic mass is 32.2. The quantitative estimate of drug-likeness (QED) is 0.367. The predicted octanol–water partition coefficient (Wildman–Crippen LogP) is 2.76. The van der Waals surface area contributed by atoms with E-state index in [-0.39, 0.29) is 18.5 Å². The van der Waals surface area contributed by atoms with Crippen molar-refractivity contribution in [3.8, 4) is 34.6 Å². The van der Waals surface area contributed by atoms with Crippen LogP contribution in [-0.4, -0.2) is 72.1 Å². The minimum atomic E-state index is -3.81. The van der Waals surface area contributed by atoms with Crippen molar-refractivity contribution in [3.63, 3.8) is 0 Å². The number of nitrogens with one attached hydrogen (secondary N) is 1. The summed E-state index contributed by atoms with van der Waals surface area (Å²) in [6.45, 7) is 2.32. The van der Waals surface area contributed by atoms with E-state index in [1.807, 2.05) is 6.92 Å². The molecule has 3 heterocycles. The number of methoxy groups -OCH3 is 2. The molecular weight excluding hydrogens is 474 g/mol. The van der Waals surface area contributed by atoms with Gasteiger partial charge in [-0.15, -0.1) is 0 Å². The summed E-state index contributed by atoms with van der Waals surface area (Å²) < 4.78 is 46.7. The first kappa shape index (κ1) is 24.2. The summed E-state index contributed by atoms with van der Waals surface area (Å²) in [7, 11) is 2.08. The van der Waals surface area contributed by atoms with E-state index in [0.29, 0.717) is 41.2 Å². The first-order valence-electron chi connectivity index (χ1n) is 10.6. The second-order valence-corrected chi connectivity index (χ2v) is 9.25. The molecule has 1 aromatic carbocycles. The topological polar surface area (TPSA) is 134 Å². The highest BCUT2D eigenvalue weighted by Crippen LogP contribution is 2.38. The molecule has 0 aliphatic rings. The molecular formula is C22H27N7O5S. The maximum absolute atomic E-state index is 12.4. The fourth-order valence-corrected chi connectivity index (χ4v) is 3.87. The number of fused-ring (bicyclic) bond motifs is 1. The van der Waals surface area contributed by atoms with E-state index in [0.717, 1.165) is 4.31 Å². The number of hydrogen-bond acceptors (Lipinski definition) is 9. The summed E-state index contributed by atoms with van der Waals surface area (Å²) in [5, 5.41) is 0. The summed E-state index contributed by atoms with van der Waals surface area (Å²) in [5.41, 5.74) is 1.52. The van der Waals surface area contributed by atoms with Crippen molar-refractivity contribution in [2.75, 3.05) is 39.6 Å². The van der Waals surface area contributed by atoms with Crippen LogP contribution in [0.2, 0.25) is 0 Å². The number of para-hydroxylation sites is 1. The van der Waals surface area contributed by atoms with Crippen LogP contribution in [0.5, 0.6) is 17.4 Å². The number of ether oxygens (including phenoxy) is 3. The Morgan fingerprint density at radius 3 is 2.34 bits per heavy atom. The molecule has 186 valence electrons. The molecule has 1 N–H and O–H groups in total. The number of benzene rings is 1. The molecule has 4 aromatic rings. The van der Waals surface area contributed by atoms with Crippen LogP contribution in [0, 0.1) is 0 Å². The van der Waals surface area contributed by atoms with Gasteiger partial charge in [-0.25, -0.2) is 19.9 Å². The van der Waals surface area contributed by atoms with Crippen LogP contribution in [-0.2, 0) is 10.2 Å². The summed E-state index contributed by atoms with van der Waals surface area (Å²) in [6.07, 6.45) is 1.30. The van der Waals surface area contributed by atoms with Crippen molar-refractivity contribution >= 4 is 27.3 Å². The van der Waals surface area contributed by atoms with Gasteiger partial charge in [0.15, 0.2) is 22.9 Å². The Balaban J connectivity index is 0.00000361. The first-order chi connectivity index (χ1) is 16.8. The van der Waals surface area contributed by atoms with Crippen LogP contribution in [0.3, 0.4) is 0 Å². The second-order valence-electron chi connectivity index (χ2n) is 7.37. The zero-order valence-electron chi connectivity index (χ0n) is 19.9. The third-order valence-electron chi connectivity index (χ3n) is 4.96. The lowest BCUT2D eigenvalue weighted by Crippen LogP contribution is -2.29. The Morgan fingerprint density at radius 1 is 1.03 bits per heavy atom. The monoisotopic (exact) mass is 501 g/mol. The van der Waals surface area contributed by atoms with Gasteiger partial charge in [-0.2, -0.15) is 12.7 Å². The Kier molecular flexibility index (Phi) is 6.71. The van der Waals surface area contributed by atoms with Crippen molar-refractivity contribution in [2.45, 2.75) is 6.92 Å². The lowest BCUT2D eigenvalue weighted by molar-refractivity contribution is 0.327. The molecule has 0 amide bonds. The molecule has 0 unspecified atom stereocenters. The zero-order chi connectivity index (χ0) is 25.2. The van der Waals surface area contributed by atoms with Gasteiger partial charge in [0.05, 0.1) is 27.0 Å². The number of pyridine rings is 1. The number of rotatable bonds is 9. The number of aromatic nitrogens is 5. The standard InChI is InChI=1S/C22H25N7O5S.H2/c1-6-34-18-12-7-9-14(24-18)21-26-20-22(25-17(13-23-20)27-35(30,31)28(2)3)29(21)19-15(32-4)10-8-11-16(19)33-5;/h7-13H,6H2,1-5H3,(H,25,27);1H. The van der Waals surface area contributed by atoms with Crippen LogP contribution < -0.4 is 18.9 Å². The van der Waals surface area contributed by atoms with Crippen LogP contribution in [0.4, 0.5) is 5.82 Å². The number of hydrogen-bond donors (Lipinski definition) is 1. The van der Waals surface area contributed by atoms with Crippen molar-refractivity contribution in [3.05, 3.63) is 42.6 Å². The molecule has 0 radical (unpaired) electrons. The minimum absolute atomic E-state index is 0. The van der Waals surface area contributed by atoms with E-state index in [1.54, 1.807) is 41.0 Å². The normalized spacial score (nSPS) is 11.6. The molecule has 13 heteroatoms. The van der Waals surface area contributed by atoms with E-state index < -0.39 is 10.2 Å². The average Bonchev–Trinajstić information content (AvgIpc) is 3.22. The maximum atomic E-state index is 12.4. The van der Waals surface area contributed by atoms with Gasteiger partial charge in [0.2, 0.25) is 5.88 Å². The second kappa shape index (κ2) is 9.72. The third kappa shape index (κ3) is 4.68. The van der Waals surface area contributed by atoms with Gasteiger partial charge in [-0.1, -0.05) is 12.1 Å². The lowest BCUT2D eigenvalue weighted by atomic mass is 10.2. The molecule has 12 nitrogen and oxygen atoms in total. The third-order valence-corrected chi connectivity index (χ3v) is 6.38. The van der Waals surface area contributed by atoms with E-state index >= 15 is 0 Å². The Bertz CT molecular complexity index is 1450. The molecule has 4 rings (SSSR count). The lowest BCUT2D eigenvalue weighted by Gasteiger charge is -2.16. The van der Waals surface area contributed by atoms with Crippen molar-refractivity contribution in [1.29, 1.82) is 0 Å². The molecule has 0 aliphatic heterocycles. The molecule has 0 aliphatic carbocycles.